The summed E-state index contributed by atoms with van der Waals surface area (Å²) in [6.07, 6.45) is 4.74. The zero-order valence-corrected chi connectivity index (χ0v) is 31.7. The molecule has 0 saturated carbocycles. The summed E-state index contributed by atoms with van der Waals surface area (Å²) in [5.74, 6) is 0.0533. The topological polar surface area (TPSA) is 80.0 Å². The van der Waals surface area contributed by atoms with Crippen molar-refractivity contribution in [2.45, 2.75) is 83.7 Å². The molecule has 3 aromatic rings. The summed E-state index contributed by atoms with van der Waals surface area (Å²) in [4.78, 5) is 42.9. The number of Topliss-reactive ketones (excluding diaryl/α,β-unsaturated/α-hetero) is 1. The summed E-state index contributed by atoms with van der Waals surface area (Å²) in [6, 6.07) is 15.9. The van der Waals surface area contributed by atoms with Crippen molar-refractivity contribution < 1.29 is 14.3 Å². The molecule has 2 aromatic carbocycles. The summed E-state index contributed by atoms with van der Waals surface area (Å²) in [5, 5.41) is 2.08. The molecule has 4 heterocycles. The second-order valence-corrected chi connectivity index (χ2v) is 21.9. The van der Waals surface area contributed by atoms with Crippen LogP contribution in [0.15, 0.2) is 76.5 Å². The summed E-state index contributed by atoms with van der Waals surface area (Å²) < 4.78 is 7.69. The molecule has 1 amide bonds. The Balaban J connectivity index is 1.30. The largest absolute Gasteiger partial charge is 0.361 e. The second kappa shape index (κ2) is 13.8. The Hall–Kier alpha value is -2.89. The number of benzene rings is 2. The number of imidazole rings is 1. The summed E-state index contributed by atoms with van der Waals surface area (Å²) in [6.45, 7) is 14.7. The van der Waals surface area contributed by atoms with Crippen LogP contribution < -0.4 is 0 Å². The third-order valence-electron chi connectivity index (χ3n) is 9.34. The average molecular weight is 725 g/mol. The minimum atomic E-state index is -1.24. The van der Waals surface area contributed by atoms with Crippen molar-refractivity contribution >= 4 is 59.9 Å². The molecule has 0 unspecified atom stereocenters. The molecule has 8 nitrogen and oxygen atoms in total. The predicted octanol–water partition coefficient (Wildman–Crippen LogP) is 8.62. The van der Waals surface area contributed by atoms with Crippen molar-refractivity contribution in [1.82, 2.24) is 19.4 Å². The highest BCUT2D eigenvalue weighted by Crippen LogP contribution is 2.56. The van der Waals surface area contributed by atoms with Crippen LogP contribution in [-0.4, -0.2) is 63.5 Å². The number of ether oxygens (including phenoxy) is 1. The SMILES string of the molecule is CC(C)C1=C(C(=O)N2CCC[C@H]2C(=O)c2nccn2COCC[Si](C)(C)C)SC2=N[C@@](C)(c3ccc(Cl)cc3)[C@@H](c3ccc(Cl)cc3)N21. The first-order chi connectivity index (χ1) is 22.8. The van der Waals surface area contributed by atoms with Gasteiger partial charge in [0.15, 0.2) is 11.0 Å². The van der Waals surface area contributed by atoms with Crippen molar-refractivity contribution in [3.63, 3.8) is 0 Å². The van der Waals surface area contributed by atoms with E-state index in [2.05, 4.69) is 50.3 Å². The molecule has 3 aliphatic heterocycles. The first kappa shape index (κ1) is 35.0. The van der Waals surface area contributed by atoms with Crippen LogP contribution >= 0.6 is 35.0 Å². The third-order valence-corrected chi connectivity index (χ3v) is 12.6. The number of ketones is 1. The lowest BCUT2D eigenvalue weighted by Gasteiger charge is -2.37. The van der Waals surface area contributed by atoms with Crippen LogP contribution in [0.3, 0.4) is 0 Å². The number of aromatic nitrogens is 2. The molecule has 0 bridgehead atoms. The quantitative estimate of drug-likeness (QED) is 0.112. The Bertz CT molecular complexity index is 1750. The first-order valence-corrected chi connectivity index (χ1v) is 21.8. The molecule has 0 radical (unpaired) electrons. The Morgan fingerprint density at radius 1 is 1.06 bits per heavy atom. The van der Waals surface area contributed by atoms with Crippen molar-refractivity contribution in [1.29, 1.82) is 0 Å². The van der Waals surface area contributed by atoms with Gasteiger partial charge in [-0.3, -0.25) is 9.59 Å². The van der Waals surface area contributed by atoms with Gasteiger partial charge in [-0.2, -0.15) is 0 Å². The number of hydrogen-bond donors (Lipinski definition) is 0. The van der Waals surface area contributed by atoms with Crippen LogP contribution in [0.5, 0.6) is 0 Å². The molecular weight excluding hydrogens is 681 g/mol. The molecular formula is C36H43Cl2N5O3SSi. The van der Waals surface area contributed by atoms with Gasteiger partial charge < -0.3 is 19.1 Å². The predicted molar refractivity (Wildman–Crippen MR) is 197 cm³/mol. The Labute approximate surface area is 298 Å². The normalized spacial score (nSPS) is 22.6. The molecule has 48 heavy (non-hydrogen) atoms. The standard InChI is InChI=1S/C36H43Cl2N5O3SSi/c1-23(2)29-31(34(45)42-18-7-8-28(42)30(44)33-39-17-19-41(33)22-46-20-21-48(4,5)6)47-35-40-36(3,25-11-15-27(38)16-12-25)32(43(29)35)24-9-13-26(37)14-10-24/h9-17,19,23,28,32H,7-8,18,20-22H2,1-6H3/t28-,32+,36-/m0/s1. The van der Waals surface area contributed by atoms with Gasteiger partial charge in [0, 0.05) is 49.4 Å². The highest BCUT2D eigenvalue weighted by Gasteiger charge is 2.54. The van der Waals surface area contributed by atoms with E-state index < -0.39 is 19.7 Å². The molecule has 1 saturated heterocycles. The van der Waals surface area contributed by atoms with E-state index in [1.807, 2.05) is 48.5 Å². The van der Waals surface area contributed by atoms with Crippen LogP contribution in [0.1, 0.15) is 61.4 Å². The minimum absolute atomic E-state index is 0.00970. The highest BCUT2D eigenvalue weighted by atomic mass is 35.5. The van der Waals surface area contributed by atoms with Gasteiger partial charge in [-0.25, -0.2) is 9.98 Å². The monoisotopic (exact) mass is 723 g/mol. The zero-order valence-electron chi connectivity index (χ0n) is 28.4. The van der Waals surface area contributed by atoms with E-state index in [0.29, 0.717) is 40.3 Å². The minimum Gasteiger partial charge on any atom is -0.361 e. The molecule has 0 aliphatic carbocycles. The number of allylic oxidation sites excluding steroid dienone is 1. The Kier molecular flexibility index (Phi) is 10.0. The van der Waals surface area contributed by atoms with E-state index in [-0.39, 0.29) is 30.4 Å². The number of amidine groups is 1. The number of fused-ring (bicyclic) bond motifs is 1. The van der Waals surface area contributed by atoms with E-state index in [4.69, 9.17) is 32.9 Å². The lowest BCUT2D eigenvalue weighted by molar-refractivity contribution is -0.126. The Morgan fingerprint density at radius 3 is 2.38 bits per heavy atom. The maximum atomic E-state index is 14.6. The maximum absolute atomic E-state index is 14.6. The van der Waals surface area contributed by atoms with Crippen molar-refractivity contribution in [2.75, 3.05) is 13.2 Å². The number of rotatable bonds is 11. The lowest BCUT2D eigenvalue weighted by Crippen LogP contribution is -2.42. The van der Waals surface area contributed by atoms with E-state index >= 15 is 0 Å². The smallest absolute Gasteiger partial charge is 0.263 e. The van der Waals surface area contributed by atoms with Gasteiger partial charge in [0.1, 0.15) is 17.2 Å². The summed E-state index contributed by atoms with van der Waals surface area (Å²) >= 11 is 14.0. The lowest BCUT2D eigenvalue weighted by atomic mass is 9.81. The molecule has 1 aromatic heterocycles. The van der Waals surface area contributed by atoms with E-state index in [0.717, 1.165) is 34.5 Å². The van der Waals surface area contributed by atoms with E-state index in [1.165, 1.54) is 11.8 Å². The van der Waals surface area contributed by atoms with Crippen molar-refractivity contribution in [3.05, 3.63) is 98.5 Å². The molecule has 254 valence electrons. The molecule has 1 fully saturated rings. The number of amides is 1. The van der Waals surface area contributed by atoms with Gasteiger partial charge in [-0.05, 0) is 78.9 Å². The van der Waals surface area contributed by atoms with Crippen LogP contribution in [0, 0.1) is 5.92 Å². The number of thioether (sulfide) groups is 1. The van der Waals surface area contributed by atoms with Gasteiger partial charge >= 0.3 is 0 Å². The van der Waals surface area contributed by atoms with Gasteiger partial charge in [-0.15, -0.1) is 0 Å². The number of hydrogen-bond acceptors (Lipinski definition) is 7. The fourth-order valence-corrected chi connectivity index (χ4v) is 9.18. The number of carbonyl (C=O) groups excluding carboxylic acids is 2. The van der Waals surface area contributed by atoms with Gasteiger partial charge in [0.25, 0.3) is 5.91 Å². The van der Waals surface area contributed by atoms with Crippen LogP contribution in [0.2, 0.25) is 35.7 Å². The number of likely N-dealkylation sites (tertiary alicyclic amines) is 1. The van der Waals surface area contributed by atoms with E-state index in [9.17, 15) is 9.59 Å². The van der Waals surface area contributed by atoms with Gasteiger partial charge in [0.2, 0.25) is 5.78 Å². The van der Waals surface area contributed by atoms with Gasteiger partial charge in [-0.1, -0.05) is 81.0 Å². The number of carbonyl (C=O) groups is 2. The van der Waals surface area contributed by atoms with E-state index in [1.54, 1.807) is 21.9 Å². The fourth-order valence-electron chi connectivity index (χ4n) is 6.81. The summed E-state index contributed by atoms with van der Waals surface area (Å²) in [5.41, 5.74) is 2.32. The fraction of sp³-hybridized carbons (Fsp3) is 0.444. The molecule has 12 heteroatoms. The first-order valence-electron chi connectivity index (χ1n) is 16.5. The number of aliphatic imine (C=N–C) groups is 1. The average Bonchev–Trinajstić information content (AvgIpc) is 3.82. The maximum Gasteiger partial charge on any atom is 0.263 e. The summed E-state index contributed by atoms with van der Waals surface area (Å²) in [7, 11) is -1.24. The number of halogens is 2. The highest BCUT2D eigenvalue weighted by molar-refractivity contribution is 8.18. The number of nitrogens with zero attached hydrogens (tertiary/aromatic N) is 5. The van der Waals surface area contributed by atoms with Crippen molar-refractivity contribution in [2.24, 2.45) is 10.9 Å². The van der Waals surface area contributed by atoms with Gasteiger partial charge in [0.05, 0.1) is 12.1 Å². The second-order valence-electron chi connectivity index (χ2n) is 14.4. The molecule has 0 N–H and O–H groups in total. The van der Waals surface area contributed by atoms with Crippen LogP contribution in [-0.2, 0) is 21.8 Å². The Morgan fingerprint density at radius 2 is 1.73 bits per heavy atom. The molecule has 0 spiro atoms. The zero-order chi connectivity index (χ0) is 34.4. The van der Waals surface area contributed by atoms with Crippen molar-refractivity contribution in [3.8, 4) is 0 Å². The molecule has 6 rings (SSSR count). The molecule has 3 atom stereocenters. The van der Waals surface area contributed by atoms with Crippen LogP contribution in [0.4, 0.5) is 0 Å². The van der Waals surface area contributed by atoms with Crippen LogP contribution in [0.25, 0.3) is 0 Å². The molecule has 3 aliphatic rings. The third kappa shape index (κ3) is 6.79.